The zero-order valence-corrected chi connectivity index (χ0v) is 8.28. The smallest absolute Gasteiger partial charge is 0.271 e. The largest absolute Gasteiger partial charge is 0.378 e. The maximum atomic E-state index is 11.3. The summed E-state index contributed by atoms with van der Waals surface area (Å²) in [5.41, 5.74) is 0.970. The van der Waals surface area contributed by atoms with Crippen LogP contribution in [0.2, 0.25) is 0 Å². The van der Waals surface area contributed by atoms with Crippen LogP contribution >= 0.6 is 0 Å². The van der Waals surface area contributed by atoms with E-state index in [1.54, 1.807) is 13.3 Å². The summed E-state index contributed by atoms with van der Waals surface area (Å²) in [6.07, 6.45) is 3.01. The molecule has 5 heteroatoms. The molecule has 0 saturated heterocycles. The van der Waals surface area contributed by atoms with Gasteiger partial charge in [-0.3, -0.25) is 9.78 Å². The van der Waals surface area contributed by atoms with E-state index in [-0.39, 0.29) is 5.91 Å². The monoisotopic (exact) mass is 195 g/mol. The van der Waals surface area contributed by atoms with Gasteiger partial charge in [-0.2, -0.15) is 0 Å². The second kappa shape index (κ2) is 5.29. The van der Waals surface area contributed by atoms with Crippen LogP contribution in [-0.4, -0.2) is 29.5 Å². The van der Waals surface area contributed by atoms with Crippen LogP contribution in [0.25, 0.3) is 0 Å². The highest BCUT2D eigenvalue weighted by Crippen LogP contribution is 1.97. The summed E-state index contributed by atoms with van der Waals surface area (Å²) in [4.78, 5) is 19.3. The van der Waals surface area contributed by atoms with Gasteiger partial charge in [0.2, 0.25) is 0 Å². The van der Waals surface area contributed by atoms with Gasteiger partial charge in [0.25, 0.3) is 5.91 Å². The Bertz CT molecular complexity index is 315. The van der Waals surface area contributed by atoms with Gasteiger partial charge in [0.1, 0.15) is 5.69 Å². The van der Waals surface area contributed by atoms with E-state index in [9.17, 15) is 4.79 Å². The number of carbonyl (C=O) groups excluding carboxylic acids is 1. The zero-order valence-electron chi connectivity index (χ0n) is 8.28. The van der Waals surface area contributed by atoms with E-state index >= 15 is 0 Å². The third kappa shape index (κ3) is 2.77. The van der Waals surface area contributed by atoms with Crippen molar-refractivity contribution in [3.63, 3.8) is 0 Å². The summed E-state index contributed by atoms with van der Waals surface area (Å²) >= 11 is 0. The number of hydrogen-bond donors (Lipinski definition) is 1. The van der Waals surface area contributed by atoms with Gasteiger partial charge in [-0.1, -0.05) is 0 Å². The lowest BCUT2D eigenvalue weighted by Gasteiger charge is -2.02. The Morgan fingerprint density at radius 2 is 2.36 bits per heavy atom. The molecule has 0 aromatic carbocycles. The summed E-state index contributed by atoms with van der Waals surface area (Å²) in [7, 11) is 1.57. The van der Waals surface area contributed by atoms with Crippen molar-refractivity contribution in [3.8, 4) is 0 Å². The predicted octanol–water partition coefficient (Wildman–Crippen LogP) is 0.373. The molecule has 1 aromatic rings. The maximum Gasteiger partial charge on any atom is 0.271 e. The van der Waals surface area contributed by atoms with Gasteiger partial charge in [0.05, 0.1) is 24.7 Å². The fourth-order valence-corrected chi connectivity index (χ4v) is 0.984. The van der Waals surface area contributed by atoms with Gasteiger partial charge in [0, 0.05) is 13.7 Å². The van der Waals surface area contributed by atoms with Gasteiger partial charge in [-0.25, -0.2) is 4.98 Å². The van der Waals surface area contributed by atoms with E-state index in [1.165, 1.54) is 6.20 Å². The van der Waals surface area contributed by atoms with Crippen molar-refractivity contribution in [2.24, 2.45) is 0 Å². The SMILES string of the molecule is CCNC(=O)c1cncc(COC)n1. The molecule has 1 aromatic heterocycles. The predicted molar refractivity (Wildman–Crippen MR) is 50.8 cm³/mol. The van der Waals surface area contributed by atoms with Crippen LogP contribution in [0.3, 0.4) is 0 Å². The number of aromatic nitrogens is 2. The number of nitrogens with one attached hydrogen (secondary N) is 1. The molecule has 0 radical (unpaired) electrons. The minimum atomic E-state index is -0.210. The van der Waals surface area contributed by atoms with E-state index in [0.717, 1.165) is 0 Å². The molecule has 0 aliphatic carbocycles. The Morgan fingerprint density at radius 1 is 1.57 bits per heavy atom. The second-order valence-electron chi connectivity index (χ2n) is 2.69. The Balaban J connectivity index is 2.77. The van der Waals surface area contributed by atoms with Crippen LogP contribution < -0.4 is 5.32 Å². The van der Waals surface area contributed by atoms with Crippen molar-refractivity contribution in [1.82, 2.24) is 15.3 Å². The average Bonchev–Trinajstić information content (AvgIpc) is 2.19. The topological polar surface area (TPSA) is 64.1 Å². The van der Waals surface area contributed by atoms with Crippen molar-refractivity contribution >= 4 is 5.91 Å². The third-order valence-electron chi connectivity index (χ3n) is 1.55. The molecule has 0 aliphatic heterocycles. The molecular formula is C9H13N3O2. The highest BCUT2D eigenvalue weighted by molar-refractivity contribution is 5.91. The van der Waals surface area contributed by atoms with E-state index < -0.39 is 0 Å². The third-order valence-corrected chi connectivity index (χ3v) is 1.55. The lowest BCUT2D eigenvalue weighted by molar-refractivity contribution is 0.0949. The molecule has 5 nitrogen and oxygen atoms in total. The van der Waals surface area contributed by atoms with Gasteiger partial charge in [-0.15, -0.1) is 0 Å². The molecule has 0 aliphatic rings. The molecule has 0 saturated carbocycles. The Kier molecular flexibility index (Phi) is 4.00. The second-order valence-corrected chi connectivity index (χ2v) is 2.69. The minimum absolute atomic E-state index is 0.210. The number of carbonyl (C=O) groups is 1. The lowest BCUT2D eigenvalue weighted by atomic mass is 10.4. The highest BCUT2D eigenvalue weighted by atomic mass is 16.5. The Labute approximate surface area is 82.5 Å². The number of ether oxygens (including phenoxy) is 1. The van der Waals surface area contributed by atoms with Gasteiger partial charge < -0.3 is 10.1 Å². The van der Waals surface area contributed by atoms with Crippen LogP contribution in [0.15, 0.2) is 12.4 Å². The maximum absolute atomic E-state index is 11.3. The first-order valence-electron chi connectivity index (χ1n) is 4.36. The molecule has 1 amide bonds. The number of methoxy groups -OCH3 is 1. The number of rotatable bonds is 4. The number of nitrogens with zero attached hydrogens (tertiary/aromatic N) is 2. The van der Waals surface area contributed by atoms with Gasteiger partial charge in [-0.05, 0) is 6.92 Å². The summed E-state index contributed by atoms with van der Waals surface area (Å²) < 4.78 is 4.89. The van der Waals surface area contributed by atoms with Crippen molar-refractivity contribution in [1.29, 1.82) is 0 Å². The van der Waals surface area contributed by atoms with Crippen molar-refractivity contribution in [3.05, 3.63) is 23.8 Å². The normalized spacial score (nSPS) is 9.86. The first-order chi connectivity index (χ1) is 6.77. The Hall–Kier alpha value is -1.49. The van der Waals surface area contributed by atoms with E-state index in [0.29, 0.717) is 24.5 Å². The molecule has 0 atom stereocenters. The summed E-state index contributed by atoms with van der Waals surface area (Å²) in [5.74, 6) is -0.210. The molecule has 0 unspecified atom stereocenters. The molecule has 14 heavy (non-hydrogen) atoms. The molecule has 76 valence electrons. The van der Waals surface area contributed by atoms with Crippen molar-refractivity contribution in [2.45, 2.75) is 13.5 Å². The van der Waals surface area contributed by atoms with Crippen LogP contribution in [-0.2, 0) is 11.3 Å². The zero-order chi connectivity index (χ0) is 10.4. The Morgan fingerprint density at radius 3 is 3.00 bits per heavy atom. The average molecular weight is 195 g/mol. The van der Waals surface area contributed by atoms with E-state index in [2.05, 4.69) is 15.3 Å². The first-order valence-corrected chi connectivity index (χ1v) is 4.36. The number of hydrogen-bond acceptors (Lipinski definition) is 4. The van der Waals surface area contributed by atoms with Gasteiger partial charge in [0.15, 0.2) is 0 Å². The standard InChI is InChI=1S/C9H13N3O2/c1-3-11-9(13)8-5-10-4-7(12-8)6-14-2/h4-5H,3,6H2,1-2H3,(H,11,13). The van der Waals surface area contributed by atoms with Crippen molar-refractivity contribution < 1.29 is 9.53 Å². The van der Waals surface area contributed by atoms with E-state index in [4.69, 9.17) is 4.74 Å². The highest BCUT2D eigenvalue weighted by Gasteiger charge is 2.06. The van der Waals surface area contributed by atoms with Crippen molar-refractivity contribution in [2.75, 3.05) is 13.7 Å². The molecule has 0 spiro atoms. The fourth-order valence-electron chi connectivity index (χ4n) is 0.984. The summed E-state index contributed by atoms with van der Waals surface area (Å²) in [6.45, 7) is 2.79. The minimum Gasteiger partial charge on any atom is -0.378 e. The molecule has 1 N–H and O–H groups in total. The molecule has 0 fully saturated rings. The van der Waals surface area contributed by atoms with Crippen LogP contribution in [0.4, 0.5) is 0 Å². The van der Waals surface area contributed by atoms with E-state index in [1.807, 2.05) is 6.92 Å². The van der Waals surface area contributed by atoms with Crippen LogP contribution in [0.1, 0.15) is 23.1 Å². The fraction of sp³-hybridized carbons (Fsp3) is 0.444. The first kappa shape index (κ1) is 10.6. The van der Waals surface area contributed by atoms with Crippen LogP contribution in [0, 0.1) is 0 Å². The quantitative estimate of drug-likeness (QED) is 0.754. The number of amides is 1. The molecular weight excluding hydrogens is 182 g/mol. The summed E-state index contributed by atoms with van der Waals surface area (Å²) in [6, 6.07) is 0. The van der Waals surface area contributed by atoms with Gasteiger partial charge >= 0.3 is 0 Å². The molecule has 0 bridgehead atoms. The lowest BCUT2D eigenvalue weighted by Crippen LogP contribution is -2.24. The molecule has 1 rings (SSSR count). The summed E-state index contributed by atoms with van der Waals surface area (Å²) in [5, 5.41) is 2.65. The van der Waals surface area contributed by atoms with Crippen LogP contribution in [0.5, 0.6) is 0 Å². The molecule has 1 heterocycles.